The average molecular weight is 258 g/mol. The number of hydrogen-bond acceptors (Lipinski definition) is 6. The number of rotatable bonds is 4. The lowest BCUT2D eigenvalue weighted by atomic mass is 10.3. The number of aromatic amines is 1. The third kappa shape index (κ3) is 3.15. The van der Waals surface area contributed by atoms with E-state index in [1.54, 1.807) is 12.1 Å². The number of nitrogen functional groups attached to an aromatic ring is 1. The summed E-state index contributed by atoms with van der Waals surface area (Å²) in [7, 11) is 0. The summed E-state index contributed by atoms with van der Waals surface area (Å²) >= 11 is 0. The van der Waals surface area contributed by atoms with Gasteiger partial charge in [0.25, 0.3) is 5.56 Å². The quantitative estimate of drug-likeness (QED) is 0.730. The van der Waals surface area contributed by atoms with Crippen LogP contribution in [0.1, 0.15) is 6.92 Å². The molecule has 0 radical (unpaired) electrons. The number of anilines is 2. The van der Waals surface area contributed by atoms with E-state index >= 15 is 0 Å². The normalized spacial score (nSPS) is 10.8. The van der Waals surface area contributed by atoms with Crippen LogP contribution in [0.2, 0.25) is 0 Å². The Bertz CT molecular complexity index is 634. The van der Waals surface area contributed by atoms with E-state index in [-0.39, 0.29) is 11.6 Å². The van der Waals surface area contributed by atoms with Crippen LogP contribution in [-0.4, -0.2) is 16.5 Å². The van der Waals surface area contributed by atoms with Crippen molar-refractivity contribution >= 4 is 23.1 Å². The van der Waals surface area contributed by atoms with Crippen LogP contribution in [0.3, 0.4) is 0 Å². The lowest BCUT2D eigenvalue weighted by Gasteiger charge is -2.04. The zero-order valence-corrected chi connectivity index (χ0v) is 10.4. The van der Waals surface area contributed by atoms with E-state index < -0.39 is 5.56 Å². The maximum atomic E-state index is 11.8. The van der Waals surface area contributed by atoms with Gasteiger partial charge in [0.1, 0.15) is 0 Å². The van der Waals surface area contributed by atoms with Crippen molar-refractivity contribution in [3.8, 4) is 0 Å². The van der Waals surface area contributed by atoms with Crippen LogP contribution in [-0.2, 0) is 0 Å². The SMILES string of the molecule is CCNc1nc(N)[nH]c(=O)c1N=Nc1ccccc1. The third-order valence-electron chi connectivity index (χ3n) is 2.28. The molecule has 98 valence electrons. The van der Waals surface area contributed by atoms with Gasteiger partial charge in [-0.05, 0) is 19.1 Å². The molecule has 7 nitrogen and oxygen atoms in total. The summed E-state index contributed by atoms with van der Waals surface area (Å²) in [5.41, 5.74) is 5.82. The van der Waals surface area contributed by atoms with Crippen LogP contribution >= 0.6 is 0 Å². The average Bonchev–Trinajstić information content (AvgIpc) is 2.39. The molecule has 2 rings (SSSR count). The molecule has 0 bridgehead atoms. The molecular formula is C12H14N6O. The number of aromatic nitrogens is 2. The highest BCUT2D eigenvalue weighted by Crippen LogP contribution is 2.21. The lowest BCUT2D eigenvalue weighted by Crippen LogP contribution is -2.14. The molecule has 4 N–H and O–H groups in total. The van der Waals surface area contributed by atoms with Gasteiger partial charge in [0.05, 0.1) is 5.69 Å². The molecular weight excluding hydrogens is 244 g/mol. The van der Waals surface area contributed by atoms with Crippen LogP contribution in [0.15, 0.2) is 45.4 Å². The Labute approximate surface area is 109 Å². The Morgan fingerprint density at radius 2 is 2.05 bits per heavy atom. The molecule has 0 aliphatic rings. The van der Waals surface area contributed by atoms with Crippen molar-refractivity contribution in [3.05, 3.63) is 40.7 Å². The smallest absolute Gasteiger partial charge is 0.282 e. The van der Waals surface area contributed by atoms with Crippen molar-refractivity contribution in [3.63, 3.8) is 0 Å². The molecule has 0 fully saturated rings. The molecule has 0 saturated heterocycles. The van der Waals surface area contributed by atoms with Crippen molar-refractivity contribution < 1.29 is 0 Å². The minimum atomic E-state index is -0.428. The number of H-pyrrole nitrogens is 1. The van der Waals surface area contributed by atoms with Gasteiger partial charge < -0.3 is 11.1 Å². The number of hydrogen-bond donors (Lipinski definition) is 3. The molecule has 0 aliphatic carbocycles. The summed E-state index contributed by atoms with van der Waals surface area (Å²) in [6.07, 6.45) is 0. The first-order valence-corrected chi connectivity index (χ1v) is 5.81. The summed E-state index contributed by atoms with van der Waals surface area (Å²) in [4.78, 5) is 18.2. The van der Waals surface area contributed by atoms with E-state index in [0.717, 1.165) is 0 Å². The Morgan fingerprint density at radius 1 is 1.32 bits per heavy atom. The monoisotopic (exact) mass is 258 g/mol. The molecule has 19 heavy (non-hydrogen) atoms. The van der Waals surface area contributed by atoms with Crippen molar-refractivity contribution in [2.45, 2.75) is 6.92 Å². The fourth-order valence-electron chi connectivity index (χ4n) is 1.47. The molecule has 0 spiro atoms. The van der Waals surface area contributed by atoms with Gasteiger partial charge in [0, 0.05) is 6.54 Å². The molecule has 1 aromatic heterocycles. The molecule has 0 unspecified atom stereocenters. The van der Waals surface area contributed by atoms with Crippen molar-refractivity contribution in [1.29, 1.82) is 0 Å². The molecule has 7 heteroatoms. The molecule has 0 saturated carbocycles. The highest BCUT2D eigenvalue weighted by atomic mass is 16.1. The van der Waals surface area contributed by atoms with E-state index in [1.165, 1.54) is 0 Å². The van der Waals surface area contributed by atoms with Gasteiger partial charge in [-0.15, -0.1) is 5.11 Å². The van der Waals surface area contributed by atoms with Gasteiger partial charge in [-0.25, -0.2) is 0 Å². The van der Waals surface area contributed by atoms with Gasteiger partial charge in [-0.3, -0.25) is 9.78 Å². The summed E-state index contributed by atoms with van der Waals surface area (Å²) < 4.78 is 0. The topological polar surface area (TPSA) is 109 Å². The first kappa shape index (κ1) is 12.7. The van der Waals surface area contributed by atoms with E-state index in [4.69, 9.17) is 5.73 Å². The summed E-state index contributed by atoms with van der Waals surface area (Å²) in [5, 5.41) is 10.9. The number of nitrogens with two attached hydrogens (primary N) is 1. The van der Waals surface area contributed by atoms with Gasteiger partial charge in [0.15, 0.2) is 11.5 Å². The van der Waals surface area contributed by atoms with Gasteiger partial charge in [0.2, 0.25) is 5.95 Å². The zero-order valence-electron chi connectivity index (χ0n) is 10.4. The Balaban J connectivity index is 2.39. The van der Waals surface area contributed by atoms with Gasteiger partial charge in [-0.1, -0.05) is 18.2 Å². The van der Waals surface area contributed by atoms with Crippen LogP contribution < -0.4 is 16.6 Å². The first-order valence-electron chi connectivity index (χ1n) is 5.81. The molecule has 1 heterocycles. The lowest BCUT2D eigenvalue weighted by molar-refractivity contribution is 1.07. The second-order valence-corrected chi connectivity index (χ2v) is 3.71. The minimum absolute atomic E-state index is 0.0413. The van der Waals surface area contributed by atoms with Crippen LogP contribution in [0.4, 0.5) is 23.1 Å². The molecule has 0 amide bonds. The maximum absolute atomic E-state index is 11.8. The standard InChI is InChI=1S/C12H14N6O/c1-2-14-10-9(11(19)16-12(13)15-10)18-17-8-6-4-3-5-7-8/h3-7H,2H2,1H3,(H4,13,14,15,16,19). The maximum Gasteiger partial charge on any atom is 0.282 e. The fourth-order valence-corrected chi connectivity index (χ4v) is 1.47. The second-order valence-electron chi connectivity index (χ2n) is 3.71. The number of azo groups is 1. The van der Waals surface area contributed by atoms with Crippen LogP contribution in [0.25, 0.3) is 0 Å². The number of nitrogens with one attached hydrogen (secondary N) is 2. The molecule has 0 aliphatic heterocycles. The van der Waals surface area contributed by atoms with Gasteiger partial charge in [-0.2, -0.15) is 10.1 Å². The summed E-state index contributed by atoms with van der Waals surface area (Å²) in [6, 6.07) is 9.13. The summed E-state index contributed by atoms with van der Waals surface area (Å²) in [6.45, 7) is 2.49. The Kier molecular flexibility index (Phi) is 3.87. The van der Waals surface area contributed by atoms with Crippen molar-refractivity contribution in [1.82, 2.24) is 9.97 Å². The second kappa shape index (κ2) is 5.76. The first-order chi connectivity index (χ1) is 9.20. The van der Waals surface area contributed by atoms with Gasteiger partial charge >= 0.3 is 0 Å². The number of benzene rings is 1. The van der Waals surface area contributed by atoms with Crippen LogP contribution in [0.5, 0.6) is 0 Å². The predicted octanol–water partition coefficient (Wildman–Crippen LogP) is 2.20. The van der Waals surface area contributed by atoms with Crippen molar-refractivity contribution in [2.75, 3.05) is 17.6 Å². The molecule has 0 atom stereocenters. The van der Waals surface area contributed by atoms with Crippen LogP contribution in [0, 0.1) is 0 Å². The van der Waals surface area contributed by atoms with Crippen molar-refractivity contribution in [2.24, 2.45) is 10.2 Å². The zero-order chi connectivity index (χ0) is 13.7. The van der Waals surface area contributed by atoms with E-state index in [0.29, 0.717) is 18.1 Å². The largest absolute Gasteiger partial charge is 0.369 e. The Morgan fingerprint density at radius 3 is 2.74 bits per heavy atom. The highest BCUT2D eigenvalue weighted by molar-refractivity contribution is 5.60. The summed E-state index contributed by atoms with van der Waals surface area (Å²) in [5.74, 6) is 0.364. The van der Waals surface area contributed by atoms with E-state index in [1.807, 2.05) is 25.1 Å². The number of nitrogens with zero attached hydrogens (tertiary/aromatic N) is 3. The fraction of sp³-hybridized carbons (Fsp3) is 0.167. The molecule has 1 aromatic carbocycles. The third-order valence-corrected chi connectivity index (χ3v) is 2.28. The highest BCUT2D eigenvalue weighted by Gasteiger charge is 2.09. The Hall–Kier alpha value is -2.70. The molecule has 2 aromatic rings. The minimum Gasteiger partial charge on any atom is -0.369 e. The predicted molar refractivity (Wildman–Crippen MR) is 74.1 cm³/mol. The van der Waals surface area contributed by atoms with E-state index in [2.05, 4.69) is 25.5 Å². The van der Waals surface area contributed by atoms with E-state index in [9.17, 15) is 4.79 Å².